The van der Waals surface area contributed by atoms with Crippen LogP contribution in [0.2, 0.25) is 0 Å². The Labute approximate surface area is 91.6 Å². The lowest BCUT2D eigenvalue weighted by molar-refractivity contribution is -0.959. The smallest absolute Gasteiger partial charge is 0.174 e. The van der Waals surface area contributed by atoms with Crippen molar-refractivity contribution < 1.29 is 9.80 Å². The molecule has 82 valence electrons. The molecule has 0 aromatic heterocycles. The molecule has 1 heterocycles. The minimum absolute atomic E-state index is 0.795. The van der Waals surface area contributed by atoms with E-state index < -0.39 is 0 Å². The Morgan fingerprint density at radius 2 is 1.86 bits per heavy atom. The lowest BCUT2D eigenvalue weighted by Crippen LogP contribution is -3.22. The highest BCUT2D eigenvalue weighted by Crippen LogP contribution is 1.64. The van der Waals surface area contributed by atoms with Crippen molar-refractivity contribution in [1.29, 1.82) is 0 Å². The van der Waals surface area contributed by atoms with Crippen LogP contribution >= 0.6 is 12.2 Å². The fraction of sp³-hybridized carbons (Fsp3) is 0.889. The van der Waals surface area contributed by atoms with Crippen LogP contribution in [0, 0.1) is 0 Å². The van der Waals surface area contributed by atoms with Crippen LogP contribution in [0.3, 0.4) is 0 Å². The van der Waals surface area contributed by atoms with E-state index >= 15 is 0 Å². The summed E-state index contributed by atoms with van der Waals surface area (Å²) in [6, 6.07) is 0. The lowest BCUT2D eigenvalue weighted by atomic mass is 10.4. The summed E-state index contributed by atoms with van der Waals surface area (Å²) >= 11 is 5.00. The Kier molecular flexibility index (Phi) is 5.14. The van der Waals surface area contributed by atoms with Gasteiger partial charge in [-0.25, -0.2) is 0 Å². The molecule has 0 amide bonds. The predicted molar refractivity (Wildman–Crippen MR) is 61.3 cm³/mol. The van der Waals surface area contributed by atoms with Gasteiger partial charge in [-0.05, 0) is 26.1 Å². The van der Waals surface area contributed by atoms with Crippen LogP contribution in [0.5, 0.6) is 0 Å². The molecule has 0 unspecified atom stereocenters. The number of hydrogen-bond acceptors (Lipinski definition) is 1. The van der Waals surface area contributed by atoms with Gasteiger partial charge in [0, 0.05) is 0 Å². The van der Waals surface area contributed by atoms with Gasteiger partial charge in [0.05, 0.1) is 13.1 Å². The molecule has 5 heteroatoms. The number of quaternary nitrogens is 2. The van der Waals surface area contributed by atoms with Crippen molar-refractivity contribution in [3.05, 3.63) is 0 Å². The molecule has 0 spiro atoms. The van der Waals surface area contributed by atoms with Gasteiger partial charge >= 0.3 is 0 Å². The Bertz CT molecular complexity index is 172. The van der Waals surface area contributed by atoms with Crippen LogP contribution < -0.4 is 20.4 Å². The summed E-state index contributed by atoms with van der Waals surface area (Å²) in [5.41, 5.74) is 0. The largest absolute Gasteiger partial charge is 0.331 e. The first kappa shape index (κ1) is 11.7. The number of thiocarbonyl (C=S) groups is 1. The zero-order chi connectivity index (χ0) is 10.4. The first-order valence-corrected chi connectivity index (χ1v) is 5.86. The van der Waals surface area contributed by atoms with Gasteiger partial charge in [0.2, 0.25) is 0 Å². The van der Waals surface area contributed by atoms with E-state index in [1.54, 1.807) is 4.90 Å². The number of nitrogens with one attached hydrogen (secondary N) is 4. The molecule has 4 N–H and O–H groups in total. The summed E-state index contributed by atoms with van der Waals surface area (Å²) in [7, 11) is 0. The van der Waals surface area contributed by atoms with E-state index in [1.807, 2.05) is 0 Å². The van der Waals surface area contributed by atoms with Gasteiger partial charge in [0.25, 0.3) is 0 Å². The third kappa shape index (κ3) is 3.77. The molecule has 0 bridgehead atoms. The fourth-order valence-electron chi connectivity index (χ4n) is 1.67. The zero-order valence-electron chi connectivity index (χ0n) is 9.15. The lowest BCUT2D eigenvalue weighted by Gasteiger charge is -2.27. The van der Waals surface area contributed by atoms with Gasteiger partial charge < -0.3 is 15.5 Å². The van der Waals surface area contributed by atoms with Gasteiger partial charge in [0.1, 0.15) is 13.1 Å². The fourth-order valence-corrected chi connectivity index (χ4v) is 1.81. The second-order valence-corrected chi connectivity index (χ2v) is 4.15. The molecule has 0 saturated carbocycles. The minimum Gasteiger partial charge on any atom is -0.331 e. The van der Waals surface area contributed by atoms with Crippen molar-refractivity contribution in [1.82, 2.24) is 10.6 Å². The molecule has 0 aromatic rings. The van der Waals surface area contributed by atoms with Crippen LogP contribution in [0.25, 0.3) is 0 Å². The topological polar surface area (TPSA) is 32.9 Å². The number of rotatable bonds is 5. The maximum Gasteiger partial charge on any atom is 0.174 e. The molecular formula is C9H22N4S+2. The minimum atomic E-state index is 0.795. The van der Waals surface area contributed by atoms with Gasteiger partial charge in [0.15, 0.2) is 18.4 Å². The van der Waals surface area contributed by atoms with Crippen molar-refractivity contribution in [3.63, 3.8) is 0 Å². The quantitative estimate of drug-likeness (QED) is 0.376. The van der Waals surface area contributed by atoms with Crippen LogP contribution in [-0.4, -0.2) is 44.6 Å². The Balaban J connectivity index is 2.15. The van der Waals surface area contributed by atoms with Crippen molar-refractivity contribution in [2.75, 3.05) is 39.5 Å². The summed E-state index contributed by atoms with van der Waals surface area (Å²) in [5, 5.41) is 7.13. The van der Waals surface area contributed by atoms with Crippen molar-refractivity contribution >= 4 is 17.3 Å². The van der Waals surface area contributed by atoms with Crippen LogP contribution in [0.1, 0.15) is 13.8 Å². The van der Waals surface area contributed by atoms with Crippen LogP contribution in [0.4, 0.5) is 0 Å². The molecule has 0 aromatic carbocycles. The molecular weight excluding hydrogens is 196 g/mol. The normalized spacial score (nSPS) is 18.1. The second kappa shape index (κ2) is 6.16. The van der Waals surface area contributed by atoms with E-state index in [-0.39, 0.29) is 0 Å². The van der Waals surface area contributed by atoms with Crippen molar-refractivity contribution in [2.24, 2.45) is 0 Å². The zero-order valence-corrected chi connectivity index (χ0v) is 9.97. The van der Waals surface area contributed by atoms with E-state index in [2.05, 4.69) is 24.5 Å². The van der Waals surface area contributed by atoms with E-state index in [0.717, 1.165) is 18.4 Å². The molecule has 0 aliphatic carbocycles. The van der Waals surface area contributed by atoms with Gasteiger partial charge in [-0.3, -0.25) is 4.90 Å². The number of likely N-dealkylation sites (N-methyl/N-ethyl adjacent to an activating group) is 1. The highest BCUT2D eigenvalue weighted by molar-refractivity contribution is 7.80. The van der Waals surface area contributed by atoms with E-state index in [9.17, 15) is 0 Å². The first-order valence-electron chi connectivity index (χ1n) is 5.45. The Morgan fingerprint density at radius 3 is 2.36 bits per heavy atom. The third-order valence-corrected chi connectivity index (χ3v) is 3.12. The van der Waals surface area contributed by atoms with Gasteiger partial charge in [-0.15, -0.1) is 0 Å². The summed E-state index contributed by atoms with van der Waals surface area (Å²) in [5.74, 6) is 0. The molecule has 4 nitrogen and oxygen atoms in total. The summed E-state index contributed by atoms with van der Waals surface area (Å²) in [4.78, 5) is 3.21. The van der Waals surface area contributed by atoms with Gasteiger partial charge in [-0.2, -0.15) is 0 Å². The number of hydrogen-bond donors (Lipinski definition) is 4. The molecule has 1 saturated heterocycles. The Morgan fingerprint density at radius 1 is 1.29 bits per heavy atom. The van der Waals surface area contributed by atoms with E-state index in [0.29, 0.717) is 0 Å². The molecule has 1 aliphatic heterocycles. The second-order valence-electron chi connectivity index (χ2n) is 3.74. The molecule has 1 aliphatic rings. The highest BCUT2D eigenvalue weighted by atomic mass is 32.1. The maximum absolute atomic E-state index is 5.00. The monoisotopic (exact) mass is 218 g/mol. The molecule has 14 heavy (non-hydrogen) atoms. The first-order chi connectivity index (χ1) is 6.76. The summed E-state index contributed by atoms with van der Waals surface area (Å²) in [6.07, 6.45) is 0. The van der Waals surface area contributed by atoms with E-state index in [4.69, 9.17) is 12.2 Å². The molecule has 1 fully saturated rings. The average molecular weight is 218 g/mol. The highest BCUT2D eigenvalue weighted by Gasteiger charge is 2.16. The van der Waals surface area contributed by atoms with Crippen molar-refractivity contribution in [2.45, 2.75) is 13.8 Å². The van der Waals surface area contributed by atoms with Crippen LogP contribution in [-0.2, 0) is 0 Å². The molecule has 1 rings (SSSR count). The summed E-state index contributed by atoms with van der Waals surface area (Å²) in [6.45, 7) is 11.3. The van der Waals surface area contributed by atoms with Crippen LogP contribution in [0.15, 0.2) is 0 Å². The standard InChI is InChI=1S/C9H20N4S/c1-3-12(4-2)5-6-13-7-10-9(14)11-8-13/h3-8H2,1-2H3,(H2,10,11,14)/p+2. The predicted octanol–water partition coefficient (Wildman–Crippen LogP) is -2.81. The van der Waals surface area contributed by atoms with Gasteiger partial charge in [-0.1, -0.05) is 0 Å². The van der Waals surface area contributed by atoms with E-state index in [1.165, 1.54) is 31.1 Å². The summed E-state index contributed by atoms with van der Waals surface area (Å²) < 4.78 is 0. The Hall–Kier alpha value is -0.390. The SMILES string of the molecule is CC[NH+](CC)CC[NH+]1CNC(=S)NC1. The third-order valence-electron chi connectivity index (χ3n) is 2.83. The van der Waals surface area contributed by atoms with Crippen molar-refractivity contribution in [3.8, 4) is 0 Å². The average Bonchev–Trinajstić information content (AvgIpc) is 2.22. The maximum atomic E-state index is 5.00. The molecule has 0 radical (unpaired) electrons. The molecule has 0 atom stereocenters.